The minimum Gasteiger partial charge on any atom is -0.377 e. The Hall–Kier alpha value is -1.02. The third-order valence-electron chi connectivity index (χ3n) is 3.30. The van der Waals surface area contributed by atoms with E-state index in [9.17, 15) is 12.8 Å². The van der Waals surface area contributed by atoms with Crippen LogP contribution in [0.4, 0.5) is 4.39 Å². The van der Waals surface area contributed by atoms with Crippen molar-refractivity contribution >= 4 is 10.0 Å². The van der Waals surface area contributed by atoms with E-state index in [0.717, 1.165) is 25.3 Å². The van der Waals surface area contributed by atoms with Gasteiger partial charge in [0.05, 0.1) is 6.10 Å². The summed E-state index contributed by atoms with van der Waals surface area (Å²) in [6.07, 6.45) is 2.69. The summed E-state index contributed by atoms with van der Waals surface area (Å²) in [4.78, 5) is -0.365. The SMILES string of the molecule is NCc1ccc(F)c(S(=O)(=O)NCC2CCCCO2)c1. The van der Waals surface area contributed by atoms with Crippen molar-refractivity contribution in [3.8, 4) is 0 Å². The van der Waals surface area contributed by atoms with E-state index in [1.54, 1.807) is 0 Å². The molecule has 5 nitrogen and oxygen atoms in total. The number of rotatable bonds is 5. The first-order valence-corrected chi connectivity index (χ1v) is 8.11. The summed E-state index contributed by atoms with van der Waals surface area (Å²) >= 11 is 0. The van der Waals surface area contributed by atoms with Crippen LogP contribution in [-0.2, 0) is 21.3 Å². The second-order valence-electron chi connectivity index (χ2n) is 4.81. The van der Waals surface area contributed by atoms with E-state index < -0.39 is 15.8 Å². The highest BCUT2D eigenvalue weighted by Crippen LogP contribution is 2.17. The van der Waals surface area contributed by atoms with Crippen molar-refractivity contribution in [2.75, 3.05) is 13.2 Å². The van der Waals surface area contributed by atoms with Gasteiger partial charge in [0, 0.05) is 19.7 Å². The van der Waals surface area contributed by atoms with Crippen molar-refractivity contribution in [3.05, 3.63) is 29.6 Å². The molecule has 0 spiro atoms. The minimum absolute atomic E-state index is 0.140. The fraction of sp³-hybridized carbons (Fsp3) is 0.538. The van der Waals surface area contributed by atoms with Crippen molar-refractivity contribution in [1.82, 2.24) is 4.72 Å². The molecule has 20 heavy (non-hydrogen) atoms. The van der Waals surface area contributed by atoms with Gasteiger partial charge in [-0.15, -0.1) is 0 Å². The van der Waals surface area contributed by atoms with Gasteiger partial charge in [0.15, 0.2) is 0 Å². The number of benzene rings is 1. The molecule has 0 amide bonds. The number of nitrogens with one attached hydrogen (secondary N) is 1. The molecule has 0 saturated carbocycles. The fourth-order valence-electron chi connectivity index (χ4n) is 2.13. The molecule has 1 aliphatic heterocycles. The lowest BCUT2D eigenvalue weighted by Gasteiger charge is -2.22. The third kappa shape index (κ3) is 3.76. The monoisotopic (exact) mass is 302 g/mol. The van der Waals surface area contributed by atoms with Gasteiger partial charge in [-0.2, -0.15) is 0 Å². The summed E-state index contributed by atoms with van der Waals surface area (Å²) in [7, 11) is -3.88. The van der Waals surface area contributed by atoms with Gasteiger partial charge in [-0.3, -0.25) is 0 Å². The average Bonchev–Trinajstić information content (AvgIpc) is 2.47. The molecule has 2 rings (SSSR count). The highest BCUT2D eigenvalue weighted by atomic mass is 32.2. The largest absolute Gasteiger partial charge is 0.377 e. The van der Waals surface area contributed by atoms with Crippen LogP contribution in [0, 0.1) is 5.82 Å². The average molecular weight is 302 g/mol. The highest BCUT2D eigenvalue weighted by Gasteiger charge is 2.22. The number of hydrogen-bond donors (Lipinski definition) is 2. The van der Waals surface area contributed by atoms with Crippen LogP contribution in [0.15, 0.2) is 23.1 Å². The quantitative estimate of drug-likeness (QED) is 0.854. The lowest BCUT2D eigenvalue weighted by molar-refractivity contribution is 0.0200. The van der Waals surface area contributed by atoms with Gasteiger partial charge in [0.1, 0.15) is 10.7 Å². The van der Waals surface area contributed by atoms with E-state index in [-0.39, 0.29) is 24.1 Å². The molecule has 1 fully saturated rings. The molecule has 0 aromatic heterocycles. The summed E-state index contributed by atoms with van der Waals surface area (Å²) in [6.45, 7) is 0.965. The van der Waals surface area contributed by atoms with Crippen molar-refractivity contribution in [2.24, 2.45) is 5.73 Å². The molecule has 3 N–H and O–H groups in total. The summed E-state index contributed by atoms with van der Waals surface area (Å²) in [5.74, 6) is -0.778. The Labute approximate surface area is 118 Å². The summed E-state index contributed by atoms with van der Waals surface area (Å²) in [5.41, 5.74) is 6.02. The third-order valence-corrected chi connectivity index (χ3v) is 4.73. The van der Waals surface area contributed by atoms with Crippen LogP contribution >= 0.6 is 0 Å². The topological polar surface area (TPSA) is 81.4 Å². The van der Waals surface area contributed by atoms with E-state index in [2.05, 4.69) is 4.72 Å². The predicted molar refractivity (Wildman–Crippen MR) is 73.1 cm³/mol. The molecular formula is C13H19FN2O3S. The summed E-state index contributed by atoms with van der Waals surface area (Å²) in [5, 5.41) is 0. The Bertz CT molecular complexity index is 557. The van der Waals surface area contributed by atoms with Gasteiger partial charge >= 0.3 is 0 Å². The Kier molecular flexibility index (Phi) is 5.09. The molecule has 1 aliphatic rings. The van der Waals surface area contributed by atoms with Crippen LogP contribution in [0.5, 0.6) is 0 Å². The predicted octanol–water partition coefficient (Wildman–Crippen LogP) is 1.13. The van der Waals surface area contributed by atoms with E-state index in [4.69, 9.17) is 10.5 Å². The molecule has 1 atom stereocenters. The fourth-order valence-corrected chi connectivity index (χ4v) is 3.32. The molecule has 0 aliphatic carbocycles. The Morgan fingerprint density at radius 1 is 1.40 bits per heavy atom. The van der Waals surface area contributed by atoms with E-state index in [0.29, 0.717) is 12.2 Å². The van der Waals surface area contributed by atoms with Crippen LogP contribution in [0.1, 0.15) is 24.8 Å². The van der Waals surface area contributed by atoms with E-state index in [1.807, 2.05) is 0 Å². The summed E-state index contributed by atoms with van der Waals surface area (Å²) < 4.78 is 45.8. The standard InChI is InChI=1S/C13H19FN2O3S/c14-12-5-4-10(8-15)7-13(12)20(17,18)16-9-11-3-1-2-6-19-11/h4-5,7,11,16H,1-3,6,8-9,15H2. The molecule has 0 radical (unpaired) electrons. The lowest BCUT2D eigenvalue weighted by Crippen LogP contribution is -2.35. The first-order valence-electron chi connectivity index (χ1n) is 6.62. The van der Waals surface area contributed by atoms with E-state index >= 15 is 0 Å². The van der Waals surface area contributed by atoms with Crippen molar-refractivity contribution in [2.45, 2.75) is 36.8 Å². The molecule has 1 aromatic rings. The smallest absolute Gasteiger partial charge is 0.243 e. The number of nitrogens with two attached hydrogens (primary N) is 1. The lowest BCUT2D eigenvalue weighted by atomic mass is 10.1. The molecule has 112 valence electrons. The van der Waals surface area contributed by atoms with Gasteiger partial charge in [-0.05, 0) is 37.0 Å². The Morgan fingerprint density at radius 2 is 2.20 bits per heavy atom. The van der Waals surface area contributed by atoms with Crippen LogP contribution < -0.4 is 10.5 Å². The summed E-state index contributed by atoms with van der Waals surface area (Å²) in [6, 6.07) is 3.85. The Morgan fingerprint density at radius 3 is 2.85 bits per heavy atom. The molecule has 7 heteroatoms. The zero-order chi connectivity index (χ0) is 14.6. The maximum absolute atomic E-state index is 13.7. The highest BCUT2D eigenvalue weighted by molar-refractivity contribution is 7.89. The van der Waals surface area contributed by atoms with Gasteiger partial charge in [-0.1, -0.05) is 6.07 Å². The maximum Gasteiger partial charge on any atom is 0.243 e. The normalized spacial score (nSPS) is 20.0. The first-order chi connectivity index (χ1) is 9.53. The molecule has 1 saturated heterocycles. The maximum atomic E-state index is 13.7. The number of sulfonamides is 1. The first kappa shape index (κ1) is 15.4. The molecule has 1 aromatic carbocycles. The van der Waals surface area contributed by atoms with Gasteiger partial charge in [0.2, 0.25) is 10.0 Å². The van der Waals surface area contributed by atoms with Gasteiger partial charge < -0.3 is 10.5 Å². The second-order valence-corrected chi connectivity index (χ2v) is 6.54. The number of hydrogen-bond acceptors (Lipinski definition) is 4. The number of ether oxygens (including phenoxy) is 1. The number of halogens is 1. The minimum atomic E-state index is -3.88. The van der Waals surface area contributed by atoms with Crippen molar-refractivity contribution in [1.29, 1.82) is 0 Å². The Balaban J connectivity index is 2.09. The molecule has 0 bridgehead atoms. The molecule has 1 heterocycles. The molecule has 1 unspecified atom stereocenters. The van der Waals surface area contributed by atoms with Crippen molar-refractivity contribution < 1.29 is 17.5 Å². The second kappa shape index (κ2) is 6.62. The van der Waals surface area contributed by atoms with E-state index in [1.165, 1.54) is 12.1 Å². The zero-order valence-corrected chi connectivity index (χ0v) is 12.0. The molecular weight excluding hydrogens is 283 g/mol. The van der Waals surface area contributed by atoms with Crippen LogP contribution in [-0.4, -0.2) is 27.7 Å². The van der Waals surface area contributed by atoms with Gasteiger partial charge in [-0.25, -0.2) is 17.5 Å². The van der Waals surface area contributed by atoms with Gasteiger partial charge in [0.25, 0.3) is 0 Å². The van der Waals surface area contributed by atoms with Crippen LogP contribution in [0.25, 0.3) is 0 Å². The van der Waals surface area contributed by atoms with Crippen molar-refractivity contribution in [3.63, 3.8) is 0 Å². The zero-order valence-electron chi connectivity index (χ0n) is 11.1. The van der Waals surface area contributed by atoms with Crippen LogP contribution in [0.2, 0.25) is 0 Å². The van der Waals surface area contributed by atoms with Crippen LogP contribution in [0.3, 0.4) is 0 Å².